The SMILES string of the molecule is COc1cc2nc(Cl)cc(Nc3cccc(-c4cccc(Nc5cc(Cl)nc6cc(OC)nn56)c4C)c3C)n2n1. The van der Waals surface area contributed by atoms with Gasteiger partial charge in [-0.25, -0.2) is 9.97 Å². The van der Waals surface area contributed by atoms with Gasteiger partial charge in [0.15, 0.2) is 11.3 Å². The Morgan fingerprint density at radius 2 is 1.07 bits per heavy atom. The zero-order chi connectivity index (χ0) is 28.0. The number of hydrogen-bond donors (Lipinski definition) is 2. The molecule has 6 rings (SSSR count). The predicted molar refractivity (Wildman–Crippen MR) is 157 cm³/mol. The molecule has 0 spiro atoms. The highest BCUT2D eigenvalue weighted by molar-refractivity contribution is 6.30. The van der Waals surface area contributed by atoms with E-state index in [1.807, 2.05) is 24.3 Å². The molecule has 40 heavy (non-hydrogen) atoms. The third kappa shape index (κ3) is 4.61. The van der Waals surface area contributed by atoms with Crippen molar-refractivity contribution < 1.29 is 9.47 Å². The Morgan fingerprint density at radius 1 is 0.650 bits per heavy atom. The van der Waals surface area contributed by atoms with Gasteiger partial charge in [0.2, 0.25) is 11.8 Å². The molecule has 0 unspecified atom stereocenters. The Bertz CT molecular complexity index is 1760. The van der Waals surface area contributed by atoms with Crippen molar-refractivity contribution in [1.82, 2.24) is 29.2 Å². The zero-order valence-corrected chi connectivity index (χ0v) is 23.5. The second-order valence-corrected chi connectivity index (χ2v) is 9.82. The van der Waals surface area contributed by atoms with Crippen LogP contribution in [0.3, 0.4) is 0 Å². The summed E-state index contributed by atoms with van der Waals surface area (Å²) in [7, 11) is 3.13. The van der Waals surface area contributed by atoms with E-state index in [4.69, 9.17) is 32.7 Å². The largest absolute Gasteiger partial charge is 0.480 e. The average molecular weight is 575 g/mol. The van der Waals surface area contributed by atoms with Gasteiger partial charge < -0.3 is 20.1 Å². The van der Waals surface area contributed by atoms with E-state index in [0.29, 0.717) is 45.0 Å². The van der Waals surface area contributed by atoms with Crippen LogP contribution in [0.2, 0.25) is 10.3 Å². The summed E-state index contributed by atoms with van der Waals surface area (Å²) in [6, 6.07) is 19.2. The van der Waals surface area contributed by atoms with Crippen LogP contribution in [0.25, 0.3) is 22.4 Å². The van der Waals surface area contributed by atoms with Gasteiger partial charge >= 0.3 is 0 Å². The van der Waals surface area contributed by atoms with Crippen molar-refractivity contribution in [1.29, 1.82) is 0 Å². The highest BCUT2D eigenvalue weighted by atomic mass is 35.5. The van der Waals surface area contributed by atoms with Crippen LogP contribution < -0.4 is 20.1 Å². The number of nitrogens with zero attached hydrogens (tertiary/aromatic N) is 6. The summed E-state index contributed by atoms with van der Waals surface area (Å²) < 4.78 is 13.9. The molecular weight excluding hydrogens is 551 g/mol. The van der Waals surface area contributed by atoms with Crippen LogP contribution in [-0.2, 0) is 0 Å². The molecule has 0 amide bonds. The molecule has 0 aliphatic rings. The van der Waals surface area contributed by atoms with E-state index < -0.39 is 0 Å². The van der Waals surface area contributed by atoms with Gasteiger partial charge in [-0.05, 0) is 48.2 Å². The fraction of sp³-hybridized carbons (Fsp3) is 0.143. The van der Waals surface area contributed by atoms with Gasteiger partial charge in [-0.2, -0.15) is 9.03 Å². The van der Waals surface area contributed by atoms with Gasteiger partial charge in [0.05, 0.1) is 14.2 Å². The molecule has 0 aliphatic carbocycles. The highest BCUT2D eigenvalue weighted by Gasteiger charge is 2.16. The van der Waals surface area contributed by atoms with Gasteiger partial charge in [0.25, 0.3) is 0 Å². The van der Waals surface area contributed by atoms with Crippen LogP contribution in [0.4, 0.5) is 23.0 Å². The minimum Gasteiger partial charge on any atom is -0.480 e. The molecule has 0 bridgehead atoms. The number of methoxy groups -OCH3 is 2. The van der Waals surface area contributed by atoms with Gasteiger partial charge in [0.1, 0.15) is 21.9 Å². The minimum absolute atomic E-state index is 0.348. The van der Waals surface area contributed by atoms with Gasteiger partial charge in [-0.3, -0.25) is 0 Å². The Kier molecular flexibility index (Phi) is 6.57. The quantitative estimate of drug-likeness (QED) is 0.199. The Labute approximate surface area is 239 Å². The van der Waals surface area contributed by atoms with Crippen LogP contribution in [-0.4, -0.2) is 43.4 Å². The summed E-state index contributed by atoms with van der Waals surface area (Å²) in [6.45, 7) is 4.14. The lowest BCUT2D eigenvalue weighted by Crippen LogP contribution is -2.04. The van der Waals surface area contributed by atoms with Crippen LogP contribution in [0.15, 0.2) is 60.7 Å². The number of rotatable bonds is 7. The van der Waals surface area contributed by atoms with Gasteiger partial charge in [-0.15, -0.1) is 10.2 Å². The highest BCUT2D eigenvalue weighted by Crippen LogP contribution is 2.36. The van der Waals surface area contributed by atoms with Gasteiger partial charge in [-0.1, -0.05) is 47.5 Å². The number of aromatic nitrogens is 6. The summed E-state index contributed by atoms with van der Waals surface area (Å²) in [4.78, 5) is 8.67. The molecule has 0 atom stereocenters. The molecule has 6 aromatic rings. The van der Waals surface area contributed by atoms with Crippen LogP contribution in [0, 0.1) is 13.8 Å². The second kappa shape index (κ2) is 10.2. The lowest BCUT2D eigenvalue weighted by Gasteiger charge is -2.18. The number of benzene rings is 2. The molecule has 0 aliphatic heterocycles. The summed E-state index contributed by atoms with van der Waals surface area (Å²) >= 11 is 12.6. The van der Waals surface area contributed by atoms with Crippen molar-refractivity contribution in [2.75, 3.05) is 24.9 Å². The number of hydrogen-bond acceptors (Lipinski definition) is 8. The lowest BCUT2D eigenvalue weighted by atomic mass is 9.94. The van der Waals surface area contributed by atoms with E-state index in [1.54, 1.807) is 47.5 Å². The maximum atomic E-state index is 6.30. The summed E-state index contributed by atoms with van der Waals surface area (Å²) in [6.07, 6.45) is 0. The van der Waals surface area contributed by atoms with Crippen molar-refractivity contribution in [2.45, 2.75) is 13.8 Å². The van der Waals surface area contributed by atoms with Crippen LogP contribution >= 0.6 is 23.2 Å². The number of halogens is 2. The van der Waals surface area contributed by atoms with Crippen molar-refractivity contribution in [3.05, 3.63) is 82.1 Å². The molecular formula is C28H24Cl2N8O2. The molecule has 4 heterocycles. The van der Waals surface area contributed by atoms with E-state index >= 15 is 0 Å². The number of anilines is 4. The molecule has 0 saturated carbocycles. The van der Waals surface area contributed by atoms with Crippen molar-refractivity contribution in [3.63, 3.8) is 0 Å². The summed E-state index contributed by atoms with van der Waals surface area (Å²) in [5, 5.41) is 16.5. The first-order valence-electron chi connectivity index (χ1n) is 12.3. The van der Waals surface area contributed by atoms with E-state index in [1.165, 1.54) is 0 Å². The Morgan fingerprint density at radius 3 is 1.48 bits per heavy atom. The first-order valence-corrected chi connectivity index (χ1v) is 13.0. The summed E-state index contributed by atoms with van der Waals surface area (Å²) in [5.74, 6) is 2.23. The van der Waals surface area contributed by atoms with E-state index in [9.17, 15) is 0 Å². The topological polar surface area (TPSA) is 103 Å². The Hall–Kier alpha value is -4.54. The molecule has 2 aromatic carbocycles. The third-order valence-electron chi connectivity index (χ3n) is 6.65. The molecule has 10 nitrogen and oxygen atoms in total. The lowest BCUT2D eigenvalue weighted by molar-refractivity contribution is 0.395. The predicted octanol–water partition coefficient (Wildman–Crippen LogP) is 6.87. The molecule has 0 fully saturated rings. The van der Waals surface area contributed by atoms with Gasteiger partial charge in [0, 0.05) is 35.6 Å². The summed E-state index contributed by atoms with van der Waals surface area (Å²) in [5.41, 5.74) is 7.20. The second-order valence-electron chi connectivity index (χ2n) is 9.05. The smallest absolute Gasteiger partial charge is 0.235 e. The molecule has 0 saturated heterocycles. The van der Waals surface area contributed by atoms with Crippen molar-refractivity contribution in [3.8, 4) is 22.9 Å². The van der Waals surface area contributed by atoms with Crippen LogP contribution in [0.1, 0.15) is 11.1 Å². The molecule has 2 N–H and O–H groups in total. The Balaban J connectivity index is 1.38. The normalized spacial score (nSPS) is 11.2. The maximum Gasteiger partial charge on any atom is 0.235 e. The van der Waals surface area contributed by atoms with E-state index in [0.717, 1.165) is 33.6 Å². The van der Waals surface area contributed by atoms with E-state index in [-0.39, 0.29) is 0 Å². The number of ether oxygens (including phenoxy) is 2. The minimum atomic E-state index is 0.348. The fourth-order valence-electron chi connectivity index (χ4n) is 4.62. The molecule has 202 valence electrons. The molecule has 12 heteroatoms. The van der Waals surface area contributed by atoms with E-state index in [2.05, 4.69) is 56.8 Å². The monoisotopic (exact) mass is 574 g/mol. The number of nitrogens with one attached hydrogen (secondary N) is 2. The molecule has 4 aromatic heterocycles. The number of fused-ring (bicyclic) bond motifs is 2. The third-order valence-corrected chi connectivity index (χ3v) is 7.04. The first kappa shape index (κ1) is 25.7. The first-order chi connectivity index (χ1) is 19.3. The maximum absolute atomic E-state index is 6.30. The molecule has 0 radical (unpaired) electrons. The fourth-order valence-corrected chi connectivity index (χ4v) is 5.00. The average Bonchev–Trinajstić information content (AvgIpc) is 3.55. The van der Waals surface area contributed by atoms with Crippen molar-refractivity contribution in [2.24, 2.45) is 0 Å². The van der Waals surface area contributed by atoms with Crippen molar-refractivity contribution >= 4 is 57.5 Å². The zero-order valence-electron chi connectivity index (χ0n) is 22.0. The van der Waals surface area contributed by atoms with Crippen LogP contribution in [0.5, 0.6) is 11.8 Å². The standard InChI is InChI=1S/C28H24Cl2N8O2/c1-15-17(7-5-9-19(15)31-23-11-21(29)33-25-13-27(39-3)35-37(23)25)18-8-6-10-20(16(18)2)32-24-12-22(30)34-26-14-28(40-4)36-38(24)26/h5-14,31-32H,1-4H3.